The highest BCUT2D eigenvalue weighted by atomic mass is 16.5. The van der Waals surface area contributed by atoms with E-state index in [1.807, 2.05) is 6.07 Å². The van der Waals surface area contributed by atoms with Crippen molar-refractivity contribution in [1.29, 1.82) is 0 Å². The monoisotopic (exact) mass is 194 g/mol. The summed E-state index contributed by atoms with van der Waals surface area (Å²) in [4.78, 5) is 14.1. The smallest absolute Gasteiger partial charge is 0.271 e. The number of pyridine rings is 1. The first-order chi connectivity index (χ1) is 6.77. The van der Waals surface area contributed by atoms with Crippen molar-refractivity contribution in [1.82, 2.24) is 4.98 Å². The Hall–Kier alpha value is -1.29. The van der Waals surface area contributed by atoms with Gasteiger partial charge in [0.05, 0.1) is 5.69 Å². The molecule has 14 heavy (non-hydrogen) atoms. The number of rotatable bonds is 1. The quantitative estimate of drug-likeness (QED) is 0.696. The van der Waals surface area contributed by atoms with Gasteiger partial charge in [-0.2, -0.15) is 0 Å². The minimum absolute atomic E-state index is 0.186. The lowest BCUT2D eigenvalue weighted by atomic mass is 9.96. The van der Waals surface area contributed by atoms with Gasteiger partial charge in [0.2, 0.25) is 0 Å². The average Bonchev–Trinajstić information content (AvgIpc) is 2.23. The number of aromatic nitrogens is 1. The van der Waals surface area contributed by atoms with Crippen LogP contribution in [-0.4, -0.2) is 18.2 Å². The van der Waals surface area contributed by atoms with Crippen LogP contribution in [0, 0.1) is 0 Å². The fourth-order valence-electron chi connectivity index (χ4n) is 1.75. The molecule has 1 aliphatic rings. The van der Waals surface area contributed by atoms with E-state index < -0.39 is 0 Å². The van der Waals surface area contributed by atoms with Crippen LogP contribution in [0.3, 0.4) is 0 Å². The van der Waals surface area contributed by atoms with E-state index in [0.29, 0.717) is 5.92 Å². The second-order valence-electron chi connectivity index (χ2n) is 3.58. The Labute approximate surface area is 82.1 Å². The molecule has 0 saturated carbocycles. The summed E-state index contributed by atoms with van der Waals surface area (Å²) in [6, 6.07) is 3.57. The Morgan fingerprint density at radius 2 is 2.07 bits per heavy atom. The Morgan fingerprint density at radius 3 is 2.71 bits per heavy atom. The van der Waals surface area contributed by atoms with E-state index >= 15 is 0 Å². The molecule has 0 unspecified atom stereocenters. The van der Waals surface area contributed by atoms with Gasteiger partial charge in [0, 0.05) is 24.8 Å². The molecule has 0 amide bonds. The average molecular weight is 194 g/mol. The van der Waals surface area contributed by atoms with E-state index in [0.717, 1.165) is 31.7 Å². The van der Waals surface area contributed by atoms with Crippen molar-refractivity contribution in [2.24, 2.45) is 0 Å². The number of nitrogens with two attached hydrogens (primary N) is 1. The lowest BCUT2D eigenvalue weighted by molar-refractivity contribution is 0.0845. The third-order valence-electron chi connectivity index (χ3n) is 2.62. The summed E-state index contributed by atoms with van der Waals surface area (Å²) >= 11 is 0. The van der Waals surface area contributed by atoms with Crippen molar-refractivity contribution in [2.75, 3.05) is 18.9 Å². The van der Waals surface area contributed by atoms with Crippen LogP contribution >= 0.6 is 0 Å². The van der Waals surface area contributed by atoms with Gasteiger partial charge in [-0.15, -0.1) is 0 Å². The Bertz CT molecular complexity index is 367. The van der Waals surface area contributed by atoms with Gasteiger partial charge < -0.3 is 15.5 Å². The molecule has 0 aromatic carbocycles. The molecule has 1 aromatic heterocycles. The van der Waals surface area contributed by atoms with Crippen molar-refractivity contribution in [3.05, 3.63) is 28.2 Å². The van der Waals surface area contributed by atoms with Crippen molar-refractivity contribution < 1.29 is 4.74 Å². The maximum Gasteiger partial charge on any atom is 0.271 e. The van der Waals surface area contributed by atoms with E-state index in [1.54, 1.807) is 6.07 Å². The first kappa shape index (κ1) is 9.27. The van der Waals surface area contributed by atoms with Gasteiger partial charge in [-0.05, 0) is 25.0 Å². The van der Waals surface area contributed by atoms with Crippen LogP contribution in [0.25, 0.3) is 0 Å². The molecule has 3 N–H and O–H groups in total. The number of nitrogens with one attached hydrogen (secondary N) is 1. The maximum absolute atomic E-state index is 11.3. The predicted molar refractivity (Wildman–Crippen MR) is 54.3 cm³/mol. The molecule has 1 saturated heterocycles. The first-order valence-electron chi connectivity index (χ1n) is 4.84. The highest BCUT2D eigenvalue weighted by Crippen LogP contribution is 2.24. The molecule has 76 valence electrons. The summed E-state index contributed by atoms with van der Waals surface area (Å²) < 4.78 is 5.26. The van der Waals surface area contributed by atoms with Crippen LogP contribution in [0.4, 0.5) is 5.69 Å². The fourth-order valence-corrected chi connectivity index (χ4v) is 1.75. The van der Waals surface area contributed by atoms with Crippen LogP contribution in [0.2, 0.25) is 0 Å². The molecule has 0 aliphatic carbocycles. The van der Waals surface area contributed by atoms with Gasteiger partial charge >= 0.3 is 0 Å². The molecule has 0 spiro atoms. The van der Waals surface area contributed by atoms with Crippen molar-refractivity contribution in [3.8, 4) is 0 Å². The van der Waals surface area contributed by atoms with Crippen molar-refractivity contribution in [3.63, 3.8) is 0 Å². The van der Waals surface area contributed by atoms with E-state index in [4.69, 9.17) is 10.5 Å². The van der Waals surface area contributed by atoms with Crippen LogP contribution in [-0.2, 0) is 4.74 Å². The van der Waals surface area contributed by atoms with Crippen LogP contribution < -0.4 is 11.3 Å². The van der Waals surface area contributed by atoms with Crippen LogP contribution in [0.5, 0.6) is 0 Å². The van der Waals surface area contributed by atoms with E-state index in [-0.39, 0.29) is 11.2 Å². The molecular formula is C10H14N2O2. The summed E-state index contributed by atoms with van der Waals surface area (Å²) in [6.07, 6.45) is 1.94. The number of H-pyrrole nitrogens is 1. The number of aromatic amines is 1. The number of anilines is 1. The van der Waals surface area contributed by atoms with Gasteiger partial charge in [-0.25, -0.2) is 0 Å². The van der Waals surface area contributed by atoms with Crippen LogP contribution in [0.1, 0.15) is 24.5 Å². The zero-order valence-electron chi connectivity index (χ0n) is 7.95. The Kier molecular flexibility index (Phi) is 2.54. The molecule has 0 bridgehead atoms. The molecule has 2 rings (SSSR count). The number of hydrogen-bond acceptors (Lipinski definition) is 3. The highest BCUT2D eigenvalue weighted by molar-refractivity contribution is 5.35. The molecule has 0 radical (unpaired) electrons. The third-order valence-corrected chi connectivity index (χ3v) is 2.62. The van der Waals surface area contributed by atoms with Gasteiger partial charge in [-0.1, -0.05) is 0 Å². The van der Waals surface area contributed by atoms with Crippen LogP contribution in [0.15, 0.2) is 16.9 Å². The Morgan fingerprint density at radius 1 is 1.36 bits per heavy atom. The summed E-state index contributed by atoms with van der Waals surface area (Å²) in [7, 11) is 0. The van der Waals surface area contributed by atoms with Gasteiger partial charge in [-0.3, -0.25) is 4.79 Å². The van der Waals surface area contributed by atoms with E-state index in [2.05, 4.69) is 4.98 Å². The Balaban J connectivity index is 2.23. The highest BCUT2D eigenvalue weighted by Gasteiger charge is 2.16. The molecule has 4 heteroatoms. The SMILES string of the molecule is Nc1ccc(C2CCOCC2)[nH]c1=O. The predicted octanol–water partition coefficient (Wildman–Crippen LogP) is 0.851. The number of hydrogen-bond donors (Lipinski definition) is 2. The molecule has 4 nitrogen and oxygen atoms in total. The lowest BCUT2D eigenvalue weighted by Crippen LogP contribution is -2.19. The van der Waals surface area contributed by atoms with E-state index in [9.17, 15) is 4.79 Å². The number of ether oxygens (including phenoxy) is 1. The minimum atomic E-state index is -0.186. The topological polar surface area (TPSA) is 68.1 Å². The summed E-state index contributed by atoms with van der Waals surface area (Å²) in [6.45, 7) is 1.55. The van der Waals surface area contributed by atoms with Crippen molar-refractivity contribution in [2.45, 2.75) is 18.8 Å². The molecule has 1 fully saturated rings. The first-order valence-corrected chi connectivity index (χ1v) is 4.84. The maximum atomic E-state index is 11.3. The van der Waals surface area contributed by atoms with Gasteiger partial charge in [0.1, 0.15) is 0 Å². The fraction of sp³-hybridized carbons (Fsp3) is 0.500. The molecule has 0 atom stereocenters. The standard InChI is InChI=1S/C10H14N2O2/c11-8-1-2-9(12-10(8)13)7-3-5-14-6-4-7/h1-2,7H,3-6,11H2,(H,12,13). The van der Waals surface area contributed by atoms with Gasteiger partial charge in [0.15, 0.2) is 0 Å². The number of nitrogen functional groups attached to an aromatic ring is 1. The summed E-state index contributed by atoms with van der Waals surface area (Å²) in [5.74, 6) is 0.414. The normalized spacial score (nSPS) is 18.3. The lowest BCUT2D eigenvalue weighted by Gasteiger charge is -2.21. The summed E-state index contributed by atoms with van der Waals surface area (Å²) in [5, 5.41) is 0. The largest absolute Gasteiger partial charge is 0.394 e. The molecule has 1 aliphatic heterocycles. The molecule has 2 heterocycles. The zero-order chi connectivity index (χ0) is 9.97. The van der Waals surface area contributed by atoms with Gasteiger partial charge in [0.25, 0.3) is 5.56 Å². The molecular weight excluding hydrogens is 180 g/mol. The zero-order valence-corrected chi connectivity index (χ0v) is 7.95. The molecule has 1 aromatic rings. The van der Waals surface area contributed by atoms with E-state index in [1.165, 1.54) is 0 Å². The summed E-state index contributed by atoms with van der Waals surface area (Å²) in [5.41, 5.74) is 6.52. The minimum Gasteiger partial charge on any atom is -0.394 e. The second-order valence-corrected chi connectivity index (χ2v) is 3.58. The second kappa shape index (κ2) is 3.84. The van der Waals surface area contributed by atoms with Crippen molar-refractivity contribution >= 4 is 5.69 Å². The third kappa shape index (κ3) is 1.80.